The summed E-state index contributed by atoms with van der Waals surface area (Å²) in [7, 11) is 0. The number of oxazole rings is 1. The first-order chi connectivity index (χ1) is 6.27. The molecule has 1 aromatic carbocycles. The van der Waals surface area contributed by atoms with Gasteiger partial charge in [-0.15, -0.1) is 12.4 Å². The van der Waals surface area contributed by atoms with Crippen LogP contribution in [0.2, 0.25) is 0 Å². The highest BCUT2D eigenvalue weighted by molar-refractivity contribution is 5.85. The summed E-state index contributed by atoms with van der Waals surface area (Å²) in [5.41, 5.74) is 7.23. The topological polar surface area (TPSA) is 52.0 Å². The summed E-state index contributed by atoms with van der Waals surface area (Å²) in [5.74, 6) is 0.967. The minimum Gasteiger partial charge on any atom is -0.421 e. The van der Waals surface area contributed by atoms with Crippen molar-refractivity contribution in [1.29, 1.82) is 0 Å². The highest BCUT2D eigenvalue weighted by Gasteiger charge is 2.06. The van der Waals surface area contributed by atoms with Crippen molar-refractivity contribution >= 4 is 18.3 Å². The van der Waals surface area contributed by atoms with E-state index >= 15 is 0 Å². The van der Waals surface area contributed by atoms with Crippen molar-refractivity contribution in [2.24, 2.45) is 0 Å². The minimum absolute atomic E-state index is 0. The van der Waals surface area contributed by atoms with E-state index in [4.69, 9.17) is 10.2 Å². The fraction of sp³-hybridized carbons (Fsp3) is 0.100. The number of rotatable bonds is 1. The molecule has 0 fully saturated rings. The van der Waals surface area contributed by atoms with Gasteiger partial charge in [-0.25, -0.2) is 4.98 Å². The molecule has 0 atom stereocenters. The van der Waals surface area contributed by atoms with Crippen LogP contribution in [-0.4, -0.2) is 4.98 Å². The zero-order chi connectivity index (χ0) is 9.26. The van der Waals surface area contributed by atoms with Crippen molar-refractivity contribution in [3.8, 4) is 11.5 Å². The lowest BCUT2D eigenvalue weighted by atomic mass is 10.2. The minimum atomic E-state index is 0. The third-order valence-electron chi connectivity index (χ3n) is 1.85. The van der Waals surface area contributed by atoms with Crippen LogP contribution in [0.4, 0.5) is 5.88 Å². The quantitative estimate of drug-likeness (QED) is 0.787. The van der Waals surface area contributed by atoms with Gasteiger partial charge in [-0.3, -0.25) is 0 Å². The lowest BCUT2D eigenvalue weighted by Crippen LogP contribution is -1.82. The van der Waals surface area contributed by atoms with Gasteiger partial charge in [0, 0.05) is 5.56 Å². The molecule has 0 saturated carbocycles. The van der Waals surface area contributed by atoms with Gasteiger partial charge in [0.2, 0.25) is 11.8 Å². The number of halogens is 1. The first kappa shape index (κ1) is 10.6. The number of hydrogen-bond acceptors (Lipinski definition) is 3. The van der Waals surface area contributed by atoms with Gasteiger partial charge < -0.3 is 10.2 Å². The second-order valence-corrected chi connectivity index (χ2v) is 2.83. The maximum absolute atomic E-state index is 5.55. The van der Waals surface area contributed by atoms with Crippen molar-refractivity contribution in [2.45, 2.75) is 6.92 Å². The third-order valence-corrected chi connectivity index (χ3v) is 1.85. The zero-order valence-electron chi connectivity index (χ0n) is 7.73. The Kier molecular flexibility index (Phi) is 3.14. The Labute approximate surface area is 88.4 Å². The number of nitrogens with two attached hydrogens (primary N) is 1. The summed E-state index contributed by atoms with van der Waals surface area (Å²) in [6, 6.07) is 9.69. The Morgan fingerprint density at radius 2 is 1.86 bits per heavy atom. The number of anilines is 1. The van der Waals surface area contributed by atoms with Crippen LogP contribution in [0.25, 0.3) is 11.5 Å². The Balaban J connectivity index is 0.000000980. The number of benzene rings is 1. The molecular formula is C10H11ClN2O. The summed E-state index contributed by atoms with van der Waals surface area (Å²) >= 11 is 0. The summed E-state index contributed by atoms with van der Waals surface area (Å²) in [6.07, 6.45) is 0. The van der Waals surface area contributed by atoms with E-state index in [2.05, 4.69) is 4.98 Å². The molecule has 0 spiro atoms. The molecule has 0 aliphatic rings. The van der Waals surface area contributed by atoms with Crippen LogP contribution in [0.1, 0.15) is 5.69 Å². The average molecular weight is 211 g/mol. The molecule has 4 heteroatoms. The van der Waals surface area contributed by atoms with E-state index in [1.165, 1.54) is 0 Å². The van der Waals surface area contributed by atoms with Crippen LogP contribution in [0.3, 0.4) is 0 Å². The maximum atomic E-state index is 5.55. The van der Waals surface area contributed by atoms with Crippen molar-refractivity contribution < 1.29 is 4.42 Å². The predicted molar refractivity (Wildman–Crippen MR) is 58.3 cm³/mol. The van der Waals surface area contributed by atoms with E-state index in [0.717, 1.165) is 11.3 Å². The molecule has 0 aliphatic carbocycles. The van der Waals surface area contributed by atoms with E-state index in [1.807, 2.05) is 37.3 Å². The van der Waals surface area contributed by atoms with Gasteiger partial charge in [0.05, 0.1) is 0 Å². The first-order valence-electron chi connectivity index (χ1n) is 4.05. The molecule has 1 heterocycles. The fourth-order valence-corrected chi connectivity index (χ4v) is 1.11. The summed E-state index contributed by atoms with van der Waals surface area (Å²) < 4.78 is 5.27. The lowest BCUT2D eigenvalue weighted by Gasteiger charge is -1.91. The number of nitrogen functional groups attached to an aromatic ring is 1. The molecule has 0 saturated heterocycles. The van der Waals surface area contributed by atoms with Gasteiger partial charge in [0.25, 0.3) is 0 Å². The Hall–Kier alpha value is -1.48. The van der Waals surface area contributed by atoms with Gasteiger partial charge in [0.15, 0.2) is 0 Å². The Morgan fingerprint density at radius 1 is 1.21 bits per heavy atom. The van der Waals surface area contributed by atoms with Gasteiger partial charge in [0.1, 0.15) is 5.69 Å². The van der Waals surface area contributed by atoms with E-state index < -0.39 is 0 Å². The number of hydrogen-bond donors (Lipinski definition) is 1. The normalized spacial score (nSPS) is 9.50. The molecule has 74 valence electrons. The summed E-state index contributed by atoms with van der Waals surface area (Å²) in [6.45, 7) is 1.82. The second-order valence-electron chi connectivity index (χ2n) is 2.83. The monoisotopic (exact) mass is 210 g/mol. The van der Waals surface area contributed by atoms with E-state index in [-0.39, 0.29) is 12.4 Å². The standard InChI is InChI=1S/C10H10N2O.ClH/c1-7-9(11)13-10(12-7)8-5-3-2-4-6-8;/h2-6H,11H2,1H3;1H. The molecular weight excluding hydrogens is 200 g/mol. The molecule has 0 aliphatic heterocycles. The van der Waals surface area contributed by atoms with Crippen molar-refractivity contribution in [3.05, 3.63) is 36.0 Å². The van der Waals surface area contributed by atoms with E-state index in [1.54, 1.807) is 0 Å². The smallest absolute Gasteiger partial charge is 0.228 e. The Morgan fingerprint density at radius 3 is 2.36 bits per heavy atom. The predicted octanol–water partition coefficient (Wildman–Crippen LogP) is 2.65. The second kappa shape index (κ2) is 4.15. The van der Waals surface area contributed by atoms with Crippen LogP contribution >= 0.6 is 12.4 Å². The van der Waals surface area contributed by atoms with Gasteiger partial charge in [-0.05, 0) is 19.1 Å². The Bertz CT molecular complexity index is 392. The largest absolute Gasteiger partial charge is 0.421 e. The molecule has 0 bridgehead atoms. The van der Waals surface area contributed by atoms with Crippen LogP contribution in [0, 0.1) is 6.92 Å². The van der Waals surface area contributed by atoms with Crippen LogP contribution in [0.5, 0.6) is 0 Å². The van der Waals surface area contributed by atoms with Crippen molar-refractivity contribution in [2.75, 3.05) is 5.73 Å². The van der Waals surface area contributed by atoms with Crippen LogP contribution in [0.15, 0.2) is 34.7 Å². The van der Waals surface area contributed by atoms with Gasteiger partial charge >= 0.3 is 0 Å². The zero-order valence-corrected chi connectivity index (χ0v) is 8.54. The molecule has 2 aromatic rings. The summed E-state index contributed by atoms with van der Waals surface area (Å²) in [4.78, 5) is 4.19. The highest BCUT2D eigenvalue weighted by atomic mass is 35.5. The molecule has 0 amide bonds. The maximum Gasteiger partial charge on any atom is 0.228 e. The highest BCUT2D eigenvalue weighted by Crippen LogP contribution is 2.22. The molecule has 0 unspecified atom stereocenters. The fourth-order valence-electron chi connectivity index (χ4n) is 1.11. The van der Waals surface area contributed by atoms with E-state index in [0.29, 0.717) is 11.8 Å². The van der Waals surface area contributed by atoms with E-state index in [9.17, 15) is 0 Å². The number of aryl methyl sites for hydroxylation is 1. The number of aromatic nitrogens is 1. The number of nitrogens with zero attached hydrogens (tertiary/aromatic N) is 1. The molecule has 2 rings (SSSR count). The van der Waals surface area contributed by atoms with Crippen LogP contribution < -0.4 is 5.73 Å². The van der Waals surface area contributed by atoms with Crippen LogP contribution in [-0.2, 0) is 0 Å². The van der Waals surface area contributed by atoms with Gasteiger partial charge in [-0.1, -0.05) is 18.2 Å². The first-order valence-corrected chi connectivity index (χ1v) is 4.05. The average Bonchev–Trinajstić information content (AvgIpc) is 2.49. The lowest BCUT2D eigenvalue weighted by molar-refractivity contribution is 0.593. The third kappa shape index (κ3) is 1.88. The SMILES string of the molecule is Cc1nc(-c2ccccc2)oc1N.Cl. The molecule has 2 N–H and O–H groups in total. The molecule has 14 heavy (non-hydrogen) atoms. The van der Waals surface area contributed by atoms with Gasteiger partial charge in [-0.2, -0.15) is 0 Å². The molecule has 1 aromatic heterocycles. The molecule has 3 nitrogen and oxygen atoms in total. The molecule has 0 radical (unpaired) electrons. The van der Waals surface area contributed by atoms with Crippen molar-refractivity contribution in [1.82, 2.24) is 4.98 Å². The van der Waals surface area contributed by atoms with Crippen molar-refractivity contribution in [3.63, 3.8) is 0 Å². The summed E-state index contributed by atoms with van der Waals surface area (Å²) in [5, 5.41) is 0.